The molecule has 0 amide bonds. The largest absolute Gasteiger partial charge is 0.457 e. The van der Waals surface area contributed by atoms with Gasteiger partial charge in [0.15, 0.2) is 0 Å². The third kappa shape index (κ3) is 3.49. The second-order valence-corrected chi connectivity index (χ2v) is 5.05. The molecule has 0 saturated heterocycles. The van der Waals surface area contributed by atoms with Crippen LogP contribution in [0, 0.1) is 13.8 Å². The maximum atomic E-state index is 6.20. The van der Waals surface area contributed by atoms with Gasteiger partial charge >= 0.3 is 0 Å². The zero-order chi connectivity index (χ0) is 13.8. The van der Waals surface area contributed by atoms with Crippen LogP contribution in [0.15, 0.2) is 36.4 Å². The summed E-state index contributed by atoms with van der Waals surface area (Å²) in [5, 5.41) is 0.701. The highest BCUT2D eigenvalue weighted by Crippen LogP contribution is 2.28. The van der Waals surface area contributed by atoms with Crippen molar-refractivity contribution in [1.82, 2.24) is 0 Å². The molecular formula is C16H18ClNO. The Labute approximate surface area is 119 Å². The molecule has 2 N–H and O–H groups in total. The number of aryl methyl sites for hydroxylation is 2. The number of benzene rings is 2. The minimum atomic E-state index is 0.594. The van der Waals surface area contributed by atoms with Gasteiger partial charge in [0.1, 0.15) is 11.5 Å². The fourth-order valence-corrected chi connectivity index (χ4v) is 2.13. The number of nitrogens with two attached hydrogens (primary N) is 1. The van der Waals surface area contributed by atoms with E-state index in [2.05, 4.69) is 19.9 Å². The zero-order valence-corrected chi connectivity index (χ0v) is 12.0. The quantitative estimate of drug-likeness (QED) is 0.905. The molecule has 2 aromatic carbocycles. The second kappa shape index (κ2) is 6.09. The fourth-order valence-electron chi connectivity index (χ4n) is 1.86. The summed E-state index contributed by atoms with van der Waals surface area (Å²) in [4.78, 5) is 0. The number of hydrogen-bond donors (Lipinski definition) is 1. The van der Waals surface area contributed by atoms with Crippen LogP contribution in [0.25, 0.3) is 0 Å². The van der Waals surface area contributed by atoms with Crippen LogP contribution in [0.3, 0.4) is 0 Å². The Balaban J connectivity index is 2.19. The second-order valence-electron chi connectivity index (χ2n) is 4.64. The molecule has 0 spiro atoms. The average molecular weight is 276 g/mol. The van der Waals surface area contributed by atoms with Gasteiger partial charge in [0, 0.05) is 5.02 Å². The summed E-state index contributed by atoms with van der Waals surface area (Å²) in [6.45, 7) is 4.74. The molecule has 0 radical (unpaired) electrons. The average Bonchev–Trinajstić information content (AvgIpc) is 2.37. The highest BCUT2D eigenvalue weighted by atomic mass is 35.5. The van der Waals surface area contributed by atoms with E-state index in [-0.39, 0.29) is 0 Å². The molecule has 0 aromatic heterocycles. The zero-order valence-electron chi connectivity index (χ0n) is 11.2. The van der Waals surface area contributed by atoms with Crippen molar-refractivity contribution >= 4 is 11.6 Å². The first kappa shape index (κ1) is 13.9. The summed E-state index contributed by atoms with van der Waals surface area (Å²) in [5.41, 5.74) is 9.05. The number of hydrogen-bond acceptors (Lipinski definition) is 2. The van der Waals surface area contributed by atoms with Crippen LogP contribution in [0.4, 0.5) is 0 Å². The molecule has 0 atom stereocenters. The highest BCUT2D eigenvalue weighted by molar-refractivity contribution is 6.31. The van der Waals surface area contributed by atoms with Gasteiger partial charge in [-0.2, -0.15) is 0 Å². The lowest BCUT2D eigenvalue weighted by Crippen LogP contribution is -2.03. The molecule has 2 aromatic rings. The van der Waals surface area contributed by atoms with Gasteiger partial charge in [-0.25, -0.2) is 0 Å². The van der Waals surface area contributed by atoms with Gasteiger partial charge in [-0.15, -0.1) is 0 Å². The highest BCUT2D eigenvalue weighted by Gasteiger charge is 2.04. The van der Waals surface area contributed by atoms with E-state index in [9.17, 15) is 0 Å². The normalized spacial score (nSPS) is 10.5. The summed E-state index contributed by atoms with van der Waals surface area (Å²) in [6, 6.07) is 11.8. The van der Waals surface area contributed by atoms with Crippen molar-refractivity contribution in [3.8, 4) is 11.5 Å². The number of rotatable bonds is 4. The molecular weight excluding hydrogens is 258 g/mol. The Morgan fingerprint density at radius 2 is 1.68 bits per heavy atom. The lowest BCUT2D eigenvalue weighted by molar-refractivity contribution is 0.482. The topological polar surface area (TPSA) is 35.2 Å². The van der Waals surface area contributed by atoms with Gasteiger partial charge in [-0.3, -0.25) is 0 Å². The Morgan fingerprint density at radius 3 is 2.32 bits per heavy atom. The van der Waals surface area contributed by atoms with E-state index in [0.717, 1.165) is 23.5 Å². The predicted octanol–water partition coefficient (Wildman–Crippen LogP) is 4.25. The van der Waals surface area contributed by atoms with Gasteiger partial charge < -0.3 is 10.5 Å². The smallest absolute Gasteiger partial charge is 0.128 e. The van der Waals surface area contributed by atoms with Crippen LogP contribution >= 0.6 is 11.6 Å². The Kier molecular flexibility index (Phi) is 4.46. The van der Waals surface area contributed by atoms with Crippen molar-refractivity contribution in [2.75, 3.05) is 6.54 Å². The summed E-state index contributed by atoms with van der Waals surface area (Å²) in [7, 11) is 0. The molecule has 0 aliphatic rings. The van der Waals surface area contributed by atoms with Gasteiger partial charge in [0.25, 0.3) is 0 Å². The summed E-state index contributed by atoms with van der Waals surface area (Å²) in [6.07, 6.45) is 0.781. The number of ether oxygens (including phenoxy) is 1. The molecule has 0 aliphatic heterocycles. The van der Waals surface area contributed by atoms with Crippen LogP contribution in [0.2, 0.25) is 5.02 Å². The van der Waals surface area contributed by atoms with Crippen LogP contribution in [-0.4, -0.2) is 6.54 Å². The predicted molar refractivity (Wildman–Crippen MR) is 80.2 cm³/mol. The standard InChI is InChI=1S/C16H18ClNO/c1-11-3-5-14(9-12(11)2)19-15-6-4-13(7-8-18)16(17)10-15/h3-6,9-10H,7-8,18H2,1-2H3. The minimum Gasteiger partial charge on any atom is -0.457 e. The van der Waals surface area contributed by atoms with Crippen molar-refractivity contribution in [3.63, 3.8) is 0 Å². The lowest BCUT2D eigenvalue weighted by Gasteiger charge is -2.10. The molecule has 2 nitrogen and oxygen atoms in total. The van der Waals surface area contributed by atoms with Crippen LogP contribution in [0.5, 0.6) is 11.5 Å². The van der Waals surface area contributed by atoms with E-state index in [1.54, 1.807) is 0 Å². The lowest BCUT2D eigenvalue weighted by atomic mass is 10.1. The molecule has 0 saturated carbocycles. The van der Waals surface area contributed by atoms with E-state index < -0.39 is 0 Å². The van der Waals surface area contributed by atoms with Crippen LogP contribution < -0.4 is 10.5 Å². The van der Waals surface area contributed by atoms with E-state index in [4.69, 9.17) is 22.1 Å². The molecule has 2 rings (SSSR count). The summed E-state index contributed by atoms with van der Waals surface area (Å²) < 4.78 is 5.81. The molecule has 0 bridgehead atoms. The third-order valence-electron chi connectivity index (χ3n) is 3.15. The first-order valence-electron chi connectivity index (χ1n) is 6.34. The van der Waals surface area contributed by atoms with Gasteiger partial charge in [0.05, 0.1) is 0 Å². The molecule has 0 aliphatic carbocycles. The van der Waals surface area contributed by atoms with Crippen molar-refractivity contribution in [2.45, 2.75) is 20.3 Å². The van der Waals surface area contributed by atoms with E-state index >= 15 is 0 Å². The number of halogens is 1. The molecule has 3 heteroatoms. The Morgan fingerprint density at radius 1 is 1.00 bits per heavy atom. The van der Waals surface area contributed by atoms with Crippen LogP contribution in [-0.2, 0) is 6.42 Å². The summed E-state index contributed by atoms with van der Waals surface area (Å²) >= 11 is 6.20. The Hall–Kier alpha value is -1.51. The van der Waals surface area contributed by atoms with E-state index in [1.807, 2.05) is 30.3 Å². The molecule has 0 fully saturated rings. The Bertz CT molecular complexity index is 581. The first-order chi connectivity index (χ1) is 9.10. The molecule has 0 heterocycles. The minimum absolute atomic E-state index is 0.594. The maximum absolute atomic E-state index is 6.20. The van der Waals surface area contributed by atoms with Gasteiger partial charge in [-0.05, 0) is 67.8 Å². The van der Waals surface area contributed by atoms with Gasteiger partial charge in [0.2, 0.25) is 0 Å². The van der Waals surface area contributed by atoms with Crippen molar-refractivity contribution < 1.29 is 4.74 Å². The van der Waals surface area contributed by atoms with Crippen molar-refractivity contribution in [1.29, 1.82) is 0 Å². The maximum Gasteiger partial charge on any atom is 0.128 e. The third-order valence-corrected chi connectivity index (χ3v) is 3.50. The summed E-state index contributed by atoms with van der Waals surface area (Å²) in [5.74, 6) is 1.57. The van der Waals surface area contributed by atoms with E-state index in [1.165, 1.54) is 11.1 Å². The van der Waals surface area contributed by atoms with Crippen molar-refractivity contribution in [2.24, 2.45) is 5.73 Å². The van der Waals surface area contributed by atoms with Crippen molar-refractivity contribution in [3.05, 3.63) is 58.1 Å². The van der Waals surface area contributed by atoms with E-state index in [0.29, 0.717) is 11.6 Å². The fraction of sp³-hybridized carbons (Fsp3) is 0.250. The molecule has 100 valence electrons. The molecule has 19 heavy (non-hydrogen) atoms. The van der Waals surface area contributed by atoms with Gasteiger partial charge in [-0.1, -0.05) is 23.7 Å². The first-order valence-corrected chi connectivity index (χ1v) is 6.71. The SMILES string of the molecule is Cc1ccc(Oc2ccc(CCN)c(Cl)c2)cc1C. The monoisotopic (exact) mass is 275 g/mol. The molecule has 0 unspecified atom stereocenters. The van der Waals surface area contributed by atoms with Crippen LogP contribution in [0.1, 0.15) is 16.7 Å².